The zero-order valence-electron chi connectivity index (χ0n) is 37.3. The number of fused-ring (bicyclic) bond motifs is 4. The number of hydrogen-bond acceptors (Lipinski definition) is 4. The number of para-hydroxylation sites is 1. The minimum Gasteiger partial charge on any atom is -0.457 e. The van der Waals surface area contributed by atoms with Gasteiger partial charge in [0, 0.05) is 51.3 Å². The summed E-state index contributed by atoms with van der Waals surface area (Å²) >= 11 is 0. The number of hydrogen-bond donors (Lipinski definition) is 0. The number of rotatable bonds is 9. The maximum atomic E-state index is 6.80. The number of ether oxygens (including phenoxy) is 1. The molecule has 0 bridgehead atoms. The summed E-state index contributed by atoms with van der Waals surface area (Å²) in [7, 11) is 0. The Morgan fingerprint density at radius 2 is 1.02 bits per heavy atom. The Kier molecular flexibility index (Phi) is 9.75. The number of anilines is 4. The Labute approximate surface area is 371 Å². The maximum absolute atomic E-state index is 6.80. The largest absolute Gasteiger partial charge is 0.457 e. The molecule has 0 fully saturated rings. The van der Waals surface area contributed by atoms with Crippen molar-refractivity contribution in [3.8, 4) is 17.3 Å². The van der Waals surface area contributed by atoms with Crippen LogP contribution < -0.4 is 14.5 Å². The summed E-state index contributed by atoms with van der Waals surface area (Å²) < 4.78 is 9.07. The van der Waals surface area contributed by atoms with Crippen LogP contribution in [-0.4, -0.2) is 16.2 Å². The molecule has 7 aromatic carbocycles. The van der Waals surface area contributed by atoms with Gasteiger partial charge in [-0.25, -0.2) is 4.98 Å². The Morgan fingerprint density at radius 1 is 0.429 bits per heavy atom. The highest BCUT2D eigenvalue weighted by Gasteiger charge is 2.32. The van der Waals surface area contributed by atoms with E-state index < -0.39 is 0 Å². The molecular formula is C58H54N4O. The molecule has 9 aromatic rings. The van der Waals surface area contributed by atoms with Gasteiger partial charge in [0.2, 0.25) is 0 Å². The lowest BCUT2D eigenvalue weighted by atomic mass is 9.78. The van der Waals surface area contributed by atoms with Gasteiger partial charge in [-0.3, -0.25) is 4.57 Å². The molecule has 312 valence electrons. The van der Waals surface area contributed by atoms with Crippen molar-refractivity contribution in [2.24, 2.45) is 0 Å². The quantitative estimate of drug-likeness (QED) is 0.145. The van der Waals surface area contributed by atoms with Crippen molar-refractivity contribution >= 4 is 44.6 Å². The molecule has 10 rings (SSSR count). The first-order valence-electron chi connectivity index (χ1n) is 22.1. The highest BCUT2D eigenvalue weighted by Crippen LogP contribution is 2.48. The molecule has 1 aliphatic rings. The van der Waals surface area contributed by atoms with Gasteiger partial charge < -0.3 is 14.5 Å². The highest BCUT2D eigenvalue weighted by molar-refractivity contribution is 6.09. The van der Waals surface area contributed by atoms with Gasteiger partial charge in [0.15, 0.2) is 0 Å². The van der Waals surface area contributed by atoms with E-state index in [1.807, 2.05) is 12.3 Å². The summed E-state index contributed by atoms with van der Waals surface area (Å²) in [6, 6.07) is 65.4. The van der Waals surface area contributed by atoms with Crippen LogP contribution in [0.25, 0.3) is 27.6 Å². The molecule has 0 atom stereocenters. The van der Waals surface area contributed by atoms with E-state index in [1.54, 1.807) is 0 Å². The van der Waals surface area contributed by atoms with Crippen LogP contribution >= 0.6 is 0 Å². The second-order valence-electron chi connectivity index (χ2n) is 19.0. The van der Waals surface area contributed by atoms with E-state index in [1.165, 1.54) is 44.6 Å². The lowest BCUT2D eigenvalue weighted by Crippen LogP contribution is -2.24. The van der Waals surface area contributed by atoms with Gasteiger partial charge in [-0.1, -0.05) is 152 Å². The van der Waals surface area contributed by atoms with E-state index >= 15 is 0 Å². The van der Waals surface area contributed by atoms with E-state index in [4.69, 9.17) is 9.72 Å². The molecule has 0 amide bonds. The highest BCUT2D eigenvalue weighted by atomic mass is 16.5. The molecule has 5 heteroatoms. The molecule has 3 heterocycles. The van der Waals surface area contributed by atoms with E-state index in [-0.39, 0.29) is 16.2 Å². The molecular weight excluding hydrogens is 769 g/mol. The van der Waals surface area contributed by atoms with E-state index in [9.17, 15) is 0 Å². The summed E-state index contributed by atoms with van der Waals surface area (Å²) in [5, 5.41) is 2.33. The fraction of sp³-hybridized carbons (Fsp3) is 0.190. The zero-order valence-corrected chi connectivity index (χ0v) is 37.3. The first-order chi connectivity index (χ1) is 30.4. The second-order valence-corrected chi connectivity index (χ2v) is 19.0. The molecule has 0 saturated heterocycles. The SMILES string of the molecule is CC(C)(C)c1cccc(N2CN(c3cccc(Oc4ccc5c6ccccc6n(-c6cc(C(C)(C)c7ccccc7)ccn6)c5c4)c3)c3ccc(C(C)(C)c4ccccc4)cc32)c1. The minimum absolute atomic E-state index is 0.0261. The Morgan fingerprint density at radius 3 is 1.73 bits per heavy atom. The average Bonchev–Trinajstić information content (AvgIpc) is 3.85. The number of nitrogens with zero attached hydrogens (tertiary/aromatic N) is 4. The third-order valence-corrected chi connectivity index (χ3v) is 13.3. The summed E-state index contributed by atoms with van der Waals surface area (Å²) in [5.41, 5.74) is 12.7. The van der Waals surface area contributed by atoms with Crippen molar-refractivity contribution in [3.63, 3.8) is 0 Å². The summed E-state index contributed by atoms with van der Waals surface area (Å²) in [6.07, 6.45) is 1.94. The first kappa shape index (κ1) is 40.0. The Hall–Kier alpha value is -7.11. The molecule has 0 unspecified atom stereocenters. The van der Waals surface area contributed by atoms with E-state index in [2.05, 4.69) is 239 Å². The third-order valence-electron chi connectivity index (χ3n) is 13.3. The fourth-order valence-electron chi connectivity index (χ4n) is 9.32. The van der Waals surface area contributed by atoms with Gasteiger partial charge in [0.1, 0.15) is 24.0 Å². The topological polar surface area (TPSA) is 33.5 Å². The van der Waals surface area contributed by atoms with Crippen LogP contribution in [0.4, 0.5) is 22.7 Å². The molecule has 2 aromatic heterocycles. The van der Waals surface area contributed by atoms with Gasteiger partial charge in [-0.05, 0) is 100.0 Å². The van der Waals surface area contributed by atoms with Crippen molar-refractivity contribution in [2.75, 3.05) is 16.5 Å². The van der Waals surface area contributed by atoms with Crippen LogP contribution in [0, 0.1) is 0 Å². The van der Waals surface area contributed by atoms with Crippen molar-refractivity contribution in [1.82, 2.24) is 9.55 Å². The van der Waals surface area contributed by atoms with Crippen molar-refractivity contribution in [1.29, 1.82) is 0 Å². The number of aromatic nitrogens is 2. The van der Waals surface area contributed by atoms with Crippen molar-refractivity contribution < 1.29 is 4.74 Å². The second kappa shape index (κ2) is 15.4. The molecule has 0 saturated carbocycles. The minimum atomic E-state index is -0.207. The maximum Gasteiger partial charge on any atom is 0.137 e. The van der Waals surface area contributed by atoms with Gasteiger partial charge in [0.05, 0.1) is 22.4 Å². The summed E-state index contributed by atoms with van der Waals surface area (Å²) in [4.78, 5) is 9.83. The van der Waals surface area contributed by atoms with Crippen LogP contribution in [0.2, 0.25) is 0 Å². The predicted molar refractivity (Wildman–Crippen MR) is 263 cm³/mol. The van der Waals surface area contributed by atoms with Crippen LogP contribution in [0.15, 0.2) is 188 Å². The fourth-order valence-corrected chi connectivity index (χ4v) is 9.32. The number of benzene rings is 7. The van der Waals surface area contributed by atoms with E-state index in [0.29, 0.717) is 6.67 Å². The van der Waals surface area contributed by atoms with Gasteiger partial charge in [0.25, 0.3) is 0 Å². The number of pyridine rings is 1. The smallest absolute Gasteiger partial charge is 0.137 e. The van der Waals surface area contributed by atoms with Gasteiger partial charge in [-0.2, -0.15) is 0 Å². The molecule has 5 nitrogen and oxygen atoms in total. The normalized spacial score (nSPS) is 13.2. The molecule has 0 radical (unpaired) electrons. The lowest BCUT2D eigenvalue weighted by molar-refractivity contribution is 0.483. The Balaban J connectivity index is 1.02. The monoisotopic (exact) mass is 822 g/mol. The molecule has 0 spiro atoms. The van der Waals surface area contributed by atoms with Gasteiger partial charge >= 0.3 is 0 Å². The van der Waals surface area contributed by atoms with Crippen molar-refractivity contribution in [2.45, 2.75) is 64.7 Å². The van der Waals surface area contributed by atoms with Crippen LogP contribution in [-0.2, 0) is 16.2 Å². The molecule has 1 aliphatic heterocycles. The third kappa shape index (κ3) is 7.21. The summed E-state index contributed by atoms with van der Waals surface area (Å²) in [5.74, 6) is 2.41. The van der Waals surface area contributed by atoms with Crippen LogP contribution in [0.3, 0.4) is 0 Å². The van der Waals surface area contributed by atoms with Crippen LogP contribution in [0.5, 0.6) is 11.5 Å². The molecule has 0 N–H and O–H groups in total. The Bertz CT molecular complexity index is 3120. The predicted octanol–water partition coefficient (Wildman–Crippen LogP) is 15.2. The standard InChI is InChI=1S/C58H54N4O/c1-56(2,3)42-22-16-23-45(34-42)61-39-60(52-31-28-43(35-54(52)61)57(4,5)40-18-10-8-11-19-40)46-24-17-25-47(37-46)63-48-29-30-50-49-26-14-15-27-51(49)62(53(50)38-48)55-36-44(32-33-59-55)58(6,7)41-20-12-9-13-21-41/h8-38H,39H2,1-7H3. The van der Waals surface area contributed by atoms with E-state index in [0.717, 1.165) is 45.1 Å². The zero-order chi connectivity index (χ0) is 43.5. The first-order valence-corrected chi connectivity index (χ1v) is 22.1. The van der Waals surface area contributed by atoms with Crippen molar-refractivity contribution in [3.05, 3.63) is 216 Å². The summed E-state index contributed by atoms with van der Waals surface area (Å²) in [6.45, 7) is 16.7. The molecule has 63 heavy (non-hydrogen) atoms. The molecule has 0 aliphatic carbocycles. The lowest BCUT2D eigenvalue weighted by Gasteiger charge is -2.28. The van der Waals surface area contributed by atoms with Gasteiger partial charge in [-0.15, -0.1) is 0 Å². The van der Waals surface area contributed by atoms with Crippen LogP contribution in [0.1, 0.15) is 76.3 Å². The average molecular weight is 823 g/mol.